The summed E-state index contributed by atoms with van der Waals surface area (Å²) in [6.07, 6.45) is 9.56. The predicted octanol–water partition coefficient (Wildman–Crippen LogP) is 6.44. The van der Waals surface area contributed by atoms with Gasteiger partial charge in [-0.3, -0.25) is 14.4 Å². The number of aromatic nitrogens is 1. The van der Waals surface area contributed by atoms with E-state index >= 15 is 4.79 Å². The van der Waals surface area contributed by atoms with Gasteiger partial charge in [-0.25, -0.2) is 0 Å². The standard InChI is InChI=1S/C60H80N2O11/c1-32-9-13-35-14-17-40-33(2)24-50(68)59(5,71)55-37(8-6-7-36(25-42(40)41(35)23-32)43-31-73-56(70)51(43)38-20-22-61-29-38)27-60(72)52-44(19-21-58(55,60)4)57(3)28-49(67)48(66)26-45(57)54(69)53(52)62-46(30-63)47(65)18-12-34-10-15-39(64)16-11-34/h10-11,14-16,20,22,29,32-33,36-37,40-46,48-51,55,61-64,66-68,71-72H,8-9,12-13,17-19,21,23-28,30-31H2,1-5H3. The van der Waals surface area contributed by atoms with Crippen LogP contribution in [0.5, 0.6) is 5.75 Å². The lowest BCUT2D eigenvalue weighted by atomic mass is 9.45. The summed E-state index contributed by atoms with van der Waals surface area (Å²) in [5.41, 5.74) is -1.92. The van der Waals surface area contributed by atoms with Crippen molar-refractivity contribution in [1.29, 1.82) is 0 Å². The third-order valence-corrected chi connectivity index (χ3v) is 21.1. The monoisotopic (exact) mass is 1000 g/mol. The Hall–Kier alpha value is -4.29. The normalized spacial score (nSPS) is 43.9. The average Bonchev–Trinajstić information content (AvgIpc) is 4.08. The van der Waals surface area contributed by atoms with Crippen molar-refractivity contribution in [1.82, 2.24) is 10.3 Å². The number of ketones is 2. The number of carbonyl (C=O) groups is 3. The van der Waals surface area contributed by atoms with Crippen LogP contribution in [0.1, 0.15) is 135 Å². The van der Waals surface area contributed by atoms with Crippen LogP contribution in [-0.4, -0.2) is 107 Å². The van der Waals surface area contributed by atoms with Crippen LogP contribution < -0.4 is 5.32 Å². The first-order valence-corrected chi connectivity index (χ1v) is 27.6. The maximum atomic E-state index is 15.4. The number of cyclic esters (lactones) is 1. The Labute approximate surface area is 430 Å². The summed E-state index contributed by atoms with van der Waals surface area (Å²) in [7, 11) is 0. The Morgan fingerprint density at radius 1 is 0.932 bits per heavy atom. The second kappa shape index (κ2) is 19.7. The van der Waals surface area contributed by atoms with Crippen LogP contribution in [0, 0.1) is 87.8 Å². The third-order valence-electron chi connectivity index (χ3n) is 21.1. The van der Waals surface area contributed by atoms with Crippen LogP contribution in [0.3, 0.4) is 0 Å². The molecular weight excluding hydrogens is 925 g/mol. The van der Waals surface area contributed by atoms with Crippen molar-refractivity contribution in [2.75, 3.05) is 13.2 Å². The lowest BCUT2D eigenvalue weighted by Gasteiger charge is -2.61. The van der Waals surface area contributed by atoms with Gasteiger partial charge in [-0.1, -0.05) is 57.4 Å². The van der Waals surface area contributed by atoms with Crippen LogP contribution in [-0.2, 0) is 25.5 Å². The van der Waals surface area contributed by atoms with Gasteiger partial charge in [-0.05, 0) is 166 Å². The number of ether oxygens (including phenoxy) is 1. The molecule has 7 aliphatic carbocycles. The summed E-state index contributed by atoms with van der Waals surface area (Å²) in [4.78, 5) is 46.3. The van der Waals surface area contributed by atoms with Crippen molar-refractivity contribution in [2.24, 2.45) is 75.9 Å². The van der Waals surface area contributed by atoms with Crippen molar-refractivity contribution < 1.29 is 54.9 Å². The van der Waals surface area contributed by atoms with E-state index in [0.29, 0.717) is 43.1 Å². The van der Waals surface area contributed by atoms with E-state index in [1.807, 2.05) is 32.3 Å². The number of phenolic OH excluding ortho intramolecular Hbond substituents is 1. The number of nitrogens with one attached hydrogen (secondary N) is 2. The number of Topliss-reactive ketones (excluding diaryl/α,β-unsaturated/α-hetero) is 2. The topological polar surface area (TPSA) is 230 Å². The minimum Gasteiger partial charge on any atom is -0.508 e. The first-order valence-electron chi connectivity index (χ1n) is 27.6. The maximum absolute atomic E-state index is 15.4. The van der Waals surface area contributed by atoms with E-state index in [2.05, 4.69) is 42.1 Å². The molecule has 0 spiro atoms. The zero-order valence-corrected chi connectivity index (χ0v) is 43.4. The summed E-state index contributed by atoms with van der Waals surface area (Å²) >= 11 is 0. The second-order valence-corrected chi connectivity index (χ2v) is 25.2. The number of hydrogen-bond donors (Lipinski definition) is 9. The van der Waals surface area contributed by atoms with Crippen molar-refractivity contribution in [2.45, 2.75) is 166 Å². The van der Waals surface area contributed by atoms with Crippen molar-refractivity contribution in [3.63, 3.8) is 0 Å². The number of rotatable bonds is 9. The third kappa shape index (κ3) is 8.85. The first kappa shape index (κ1) is 52.2. The van der Waals surface area contributed by atoms with Crippen LogP contribution in [0.15, 0.2) is 65.6 Å². The highest BCUT2D eigenvalue weighted by atomic mass is 16.5. The molecule has 10 rings (SSSR count). The molecule has 0 radical (unpaired) electrons. The zero-order valence-electron chi connectivity index (χ0n) is 43.4. The fourth-order valence-corrected chi connectivity index (χ4v) is 17.2. The molecular formula is C60H80N2O11. The van der Waals surface area contributed by atoms with Gasteiger partial charge >= 0.3 is 5.97 Å². The number of carbonyl (C=O) groups excluding carboxylic acids is 3. The molecule has 8 aliphatic rings. The number of hydrogen-bond acceptors (Lipinski definition) is 12. The molecule has 4 saturated carbocycles. The molecule has 13 heteroatoms. The van der Waals surface area contributed by atoms with E-state index in [0.717, 1.165) is 43.2 Å². The average molecular weight is 1010 g/mol. The summed E-state index contributed by atoms with van der Waals surface area (Å²) in [5, 5.41) is 86.5. The fraction of sp³-hybridized carbons (Fsp3) is 0.683. The quantitative estimate of drug-likeness (QED) is 0.0752. The Bertz CT molecular complexity index is 2540. The van der Waals surface area contributed by atoms with Crippen LogP contribution in [0.4, 0.5) is 0 Å². The molecule has 13 nitrogen and oxygen atoms in total. The van der Waals surface area contributed by atoms with E-state index in [-0.39, 0.29) is 91.5 Å². The molecule has 73 heavy (non-hydrogen) atoms. The minimum atomic E-state index is -1.79. The number of aliphatic hydroxyl groups is 6. The molecule has 0 amide bonds. The van der Waals surface area contributed by atoms with E-state index in [1.165, 1.54) is 5.57 Å². The Kier molecular flexibility index (Phi) is 14.1. The van der Waals surface area contributed by atoms with Gasteiger partial charge in [0.25, 0.3) is 0 Å². The highest BCUT2D eigenvalue weighted by Gasteiger charge is 2.73. The number of aromatic amines is 1. The summed E-state index contributed by atoms with van der Waals surface area (Å²) in [6.45, 7) is 9.81. The largest absolute Gasteiger partial charge is 0.508 e. The molecule has 20 unspecified atom stereocenters. The van der Waals surface area contributed by atoms with Gasteiger partial charge in [0.05, 0.1) is 54.3 Å². The highest BCUT2D eigenvalue weighted by Crippen LogP contribution is 2.71. The number of esters is 1. The molecule has 1 saturated heterocycles. The lowest BCUT2D eigenvalue weighted by molar-refractivity contribution is -0.183. The molecule has 9 N–H and O–H groups in total. The van der Waals surface area contributed by atoms with Crippen molar-refractivity contribution in [3.05, 3.63) is 76.8 Å². The number of fused-ring (bicyclic) bond motifs is 10. The van der Waals surface area contributed by atoms with E-state index in [1.54, 1.807) is 31.2 Å². The molecule has 1 aliphatic heterocycles. The zero-order chi connectivity index (χ0) is 51.9. The number of allylic oxidation sites excluding steroid dienone is 3. The van der Waals surface area contributed by atoms with Gasteiger partial charge in [0.15, 0.2) is 11.6 Å². The summed E-state index contributed by atoms with van der Waals surface area (Å²) in [5.74, 6) is 4.43. The molecule has 2 aromatic rings. The van der Waals surface area contributed by atoms with Gasteiger partial charge in [0, 0.05) is 54.3 Å². The van der Waals surface area contributed by atoms with E-state index in [4.69, 9.17) is 4.74 Å². The van der Waals surface area contributed by atoms with Gasteiger partial charge in [0.2, 0.25) is 0 Å². The number of aromatic hydroxyl groups is 1. The van der Waals surface area contributed by atoms with E-state index < -0.39 is 88.4 Å². The molecule has 1 aromatic carbocycles. The van der Waals surface area contributed by atoms with Crippen LogP contribution in [0.2, 0.25) is 0 Å². The molecule has 2 heterocycles. The SMILES string of the molecule is CC1CCC2=CCC3C(C)CC(O)C(C)(O)C4C(CC#CC(C5COC(=O)C5c5cc[nH]c5)CC3C2C1)CC1(O)C2=C(NC(CO)C(=O)CCc3ccc(O)cc3)C(=O)C3CC(O)C(O)CC3(C)C2CCC41C. The van der Waals surface area contributed by atoms with Crippen molar-refractivity contribution in [3.8, 4) is 17.6 Å². The number of phenols is 1. The highest BCUT2D eigenvalue weighted by molar-refractivity contribution is 6.01. The fourth-order valence-electron chi connectivity index (χ4n) is 17.2. The number of aryl methyl sites for hydroxylation is 1. The lowest BCUT2D eigenvalue weighted by Crippen LogP contribution is -2.65. The van der Waals surface area contributed by atoms with Gasteiger partial charge in [-0.15, -0.1) is 5.92 Å². The molecule has 5 fully saturated rings. The number of aliphatic hydroxyl groups excluding tert-OH is 4. The first-order chi connectivity index (χ1) is 34.7. The summed E-state index contributed by atoms with van der Waals surface area (Å²) < 4.78 is 5.90. The maximum Gasteiger partial charge on any atom is 0.313 e. The smallest absolute Gasteiger partial charge is 0.313 e. The van der Waals surface area contributed by atoms with Crippen LogP contribution >= 0.6 is 0 Å². The Morgan fingerprint density at radius 3 is 2.42 bits per heavy atom. The minimum absolute atomic E-state index is 0.0118. The Morgan fingerprint density at radius 2 is 1.70 bits per heavy atom. The van der Waals surface area contributed by atoms with Crippen molar-refractivity contribution >= 4 is 17.5 Å². The predicted molar refractivity (Wildman–Crippen MR) is 273 cm³/mol. The number of H-pyrrole nitrogens is 1. The molecule has 396 valence electrons. The molecule has 20 atom stereocenters. The number of benzene rings is 1. The van der Waals surface area contributed by atoms with E-state index in [9.17, 15) is 45.3 Å². The Balaban J connectivity index is 1.07. The summed E-state index contributed by atoms with van der Waals surface area (Å²) in [6, 6.07) is 7.26. The second-order valence-electron chi connectivity index (χ2n) is 25.2. The van der Waals surface area contributed by atoms with Gasteiger partial charge in [0.1, 0.15) is 11.8 Å². The molecule has 0 bridgehead atoms. The van der Waals surface area contributed by atoms with Crippen LogP contribution in [0.25, 0.3) is 0 Å². The van der Waals surface area contributed by atoms with Gasteiger partial charge < -0.3 is 50.8 Å². The molecule has 1 aromatic heterocycles. The van der Waals surface area contributed by atoms with Gasteiger partial charge in [-0.2, -0.15) is 0 Å².